The fourth-order valence-corrected chi connectivity index (χ4v) is 2.87. The van der Waals surface area contributed by atoms with Crippen LogP contribution < -0.4 is 5.32 Å². The van der Waals surface area contributed by atoms with E-state index in [9.17, 15) is 0 Å². The third-order valence-corrected chi connectivity index (χ3v) is 3.86. The second-order valence-electron chi connectivity index (χ2n) is 5.44. The SMILES string of the molecule is Cc1[nH]c(CC2CCCNC2)nc1-c1ccccc1. The van der Waals surface area contributed by atoms with Gasteiger partial charge in [-0.05, 0) is 38.8 Å². The molecule has 1 saturated heterocycles. The van der Waals surface area contributed by atoms with Gasteiger partial charge in [0.15, 0.2) is 0 Å². The van der Waals surface area contributed by atoms with Crippen molar-refractivity contribution in [2.45, 2.75) is 26.2 Å². The fraction of sp³-hybridized carbons (Fsp3) is 0.438. The van der Waals surface area contributed by atoms with Gasteiger partial charge in [-0.3, -0.25) is 0 Å². The first-order valence-corrected chi connectivity index (χ1v) is 7.14. The summed E-state index contributed by atoms with van der Waals surface area (Å²) in [5.74, 6) is 1.85. The van der Waals surface area contributed by atoms with Gasteiger partial charge >= 0.3 is 0 Å². The lowest BCUT2D eigenvalue weighted by Crippen LogP contribution is -2.31. The van der Waals surface area contributed by atoms with Crippen LogP contribution in [0.25, 0.3) is 11.3 Å². The zero-order valence-corrected chi connectivity index (χ0v) is 11.4. The molecule has 3 nitrogen and oxygen atoms in total. The van der Waals surface area contributed by atoms with Crippen molar-refractivity contribution >= 4 is 0 Å². The van der Waals surface area contributed by atoms with Crippen LogP contribution in [-0.2, 0) is 6.42 Å². The third-order valence-electron chi connectivity index (χ3n) is 3.86. The number of nitrogens with one attached hydrogen (secondary N) is 2. The molecule has 1 aromatic heterocycles. The summed E-state index contributed by atoms with van der Waals surface area (Å²) in [5.41, 5.74) is 3.47. The second-order valence-corrected chi connectivity index (χ2v) is 5.44. The molecule has 2 aromatic rings. The lowest BCUT2D eigenvalue weighted by molar-refractivity contribution is 0.371. The zero-order chi connectivity index (χ0) is 13.1. The molecule has 1 aliphatic rings. The van der Waals surface area contributed by atoms with E-state index >= 15 is 0 Å². The van der Waals surface area contributed by atoms with Gasteiger partial charge in [0.05, 0.1) is 5.69 Å². The Kier molecular flexibility index (Phi) is 3.65. The molecule has 100 valence electrons. The van der Waals surface area contributed by atoms with Crippen LogP contribution in [0.4, 0.5) is 0 Å². The van der Waals surface area contributed by atoms with Crippen molar-refractivity contribution < 1.29 is 0 Å². The highest BCUT2D eigenvalue weighted by Crippen LogP contribution is 2.22. The van der Waals surface area contributed by atoms with Gasteiger partial charge in [-0.25, -0.2) is 4.98 Å². The number of nitrogens with zero attached hydrogens (tertiary/aromatic N) is 1. The predicted octanol–water partition coefficient (Wildman–Crippen LogP) is 2.93. The Bertz CT molecular complexity index is 524. The minimum absolute atomic E-state index is 0.725. The summed E-state index contributed by atoms with van der Waals surface area (Å²) in [7, 11) is 0. The maximum absolute atomic E-state index is 4.79. The maximum atomic E-state index is 4.79. The zero-order valence-electron chi connectivity index (χ0n) is 11.4. The monoisotopic (exact) mass is 255 g/mol. The number of hydrogen-bond donors (Lipinski definition) is 2. The Morgan fingerprint density at radius 3 is 2.84 bits per heavy atom. The molecule has 1 atom stereocenters. The number of hydrogen-bond acceptors (Lipinski definition) is 2. The normalized spacial score (nSPS) is 19.5. The van der Waals surface area contributed by atoms with E-state index in [0.29, 0.717) is 0 Å². The lowest BCUT2D eigenvalue weighted by Gasteiger charge is -2.21. The Balaban J connectivity index is 1.77. The van der Waals surface area contributed by atoms with Crippen LogP contribution in [0.15, 0.2) is 30.3 Å². The number of imidazole rings is 1. The second kappa shape index (κ2) is 5.57. The summed E-state index contributed by atoms with van der Waals surface area (Å²) >= 11 is 0. The minimum atomic E-state index is 0.725. The van der Waals surface area contributed by atoms with Gasteiger partial charge in [-0.2, -0.15) is 0 Å². The van der Waals surface area contributed by atoms with Crippen molar-refractivity contribution in [1.82, 2.24) is 15.3 Å². The number of piperidine rings is 1. The minimum Gasteiger partial charge on any atom is -0.346 e. The molecule has 0 bridgehead atoms. The molecule has 1 unspecified atom stereocenters. The fourth-order valence-electron chi connectivity index (χ4n) is 2.87. The number of rotatable bonds is 3. The van der Waals surface area contributed by atoms with E-state index in [2.05, 4.69) is 41.5 Å². The number of aromatic amines is 1. The maximum Gasteiger partial charge on any atom is 0.107 e. The summed E-state index contributed by atoms with van der Waals surface area (Å²) in [5, 5.41) is 3.47. The molecule has 3 rings (SSSR count). The molecule has 0 spiro atoms. The van der Waals surface area contributed by atoms with Gasteiger partial charge in [0.2, 0.25) is 0 Å². The highest BCUT2D eigenvalue weighted by atomic mass is 14.9. The molecule has 1 aliphatic heterocycles. The Hall–Kier alpha value is -1.61. The third kappa shape index (κ3) is 2.87. The molecule has 0 aliphatic carbocycles. The Morgan fingerprint density at radius 1 is 1.26 bits per heavy atom. The molecular formula is C16H21N3. The van der Waals surface area contributed by atoms with E-state index in [1.54, 1.807) is 0 Å². The molecule has 0 radical (unpaired) electrons. The first-order chi connectivity index (χ1) is 9.33. The molecule has 2 heterocycles. The van der Waals surface area contributed by atoms with Crippen LogP contribution in [-0.4, -0.2) is 23.1 Å². The van der Waals surface area contributed by atoms with Crippen LogP contribution in [0, 0.1) is 12.8 Å². The quantitative estimate of drug-likeness (QED) is 0.885. The number of H-pyrrole nitrogens is 1. The van der Waals surface area contributed by atoms with Crippen LogP contribution in [0.2, 0.25) is 0 Å². The standard InChI is InChI=1S/C16H21N3/c1-12-16(14-7-3-2-4-8-14)19-15(18-12)10-13-6-5-9-17-11-13/h2-4,7-8,13,17H,5-6,9-11H2,1H3,(H,18,19). The first-order valence-electron chi connectivity index (χ1n) is 7.14. The summed E-state index contributed by atoms with van der Waals surface area (Å²) in [4.78, 5) is 8.24. The van der Waals surface area contributed by atoms with Gasteiger partial charge in [-0.1, -0.05) is 30.3 Å². The average molecular weight is 255 g/mol. The highest BCUT2D eigenvalue weighted by molar-refractivity contribution is 5.61. The summed E-state index contributed by atoms with van der Waals surface area (Å²) < 4.78 is 0. The van der Waals surface area contributed by atoms with Crippen molar-refractivity contribution in [3.8, 4) is 11.3 Å². The topological polar surface area (TPSA) is 40.7 Å². The van der Waals surface area contributed by atoms with Crippen molar-refractivity contribution in [3.63, 3.8) is 0 Å². The molecular weight excluding hydrogens is 234 g/mol. The van der Waals surface area contributed by atoms with Gasteiger partial charge in [-0.15, -0.1) is 0 Å². The highest BCUT2D eigenvalue weighted by Gasteiger charge is 2.16. The van der Waals surface area contributed by atoms with Gasteiger partial charge < -0.3 is 10.3 Å². The van der Waals surface area contributed by atoms with Crippen molar-refractivity contribution in [3.05, 3.63) is 41.9 Å². The summed E-state index contributed by atoms with van der Waals surface area (Å²) in [6.45, 7) is 4.40. The molecule has 3 heteroatoms. The lowest BCUT2D eigenvalue weighted by atomic mass is 9.96. The van der Waals surface area contributed by atoms with Crippen LogP contribution in [0.5, 0.6) is 0 Å². The van der Waals surface area contributed by atoms with Crippen LogP contribution in [0.3, 0.4) is 0 Å². The molecule has 0 amide bonds. The van der Waals surface area contributed by atoms with Crippen molar-refractivity contribution in [1.29, 1.82) is 0 Å². The molecule has 19 heavy (non-hydrogen) atoms. The van der Waals surface area contributed by atoms with E-state index in [-0.39, 0.29) is 0 Å². The van der Waals surface area contributed by atoms with Gasteiger partial charge in [0.1, 0.15) is 5.82 Å². The van der Waals surface area contributed by atoms with E-state index in [1.807, 2.05) is 6.07 Å². The van der Waals surface area contributed by atoms with E-state index in [0.717, 1.165) is 30.4 Å². The van der Waals surface area contributed by atoms with E-state index in [1.165, 1.54) is 30.6 Å². The Labute approximate surface area is 114 Å². The van der Waals surface area contributed by atoms with E-state index in [4.69, 9.17) is 4.98 Å². The van der Waals surface area contributed by atoms with Gasteiger partial charge in [0, 0.05) is 17.7 Å². The molecule has 1 fully saturated rings. The molecule has 2 N–H and O–H groups in total. The van der Waals surface area contributed by atoms with Gasteiger partial charge in [0.25, 0.3) is 0 Å². The largest absolute Gasteiger partial charge is 0.346 e. The van der Waals surface area contributed by atoms with Crippen LogP contribution in [0.1, 0.15) is 24.4 Å². The average Bonchev–Trinajstić information content (AvgIpc) is 2.82. The van der Waals surface area contributed by atoms with Crippen LogP contribution >= 0.6 is 0 Å². The van der Waals surface area contributed by atoms with Crippen molar-refractivity contribution in [2.75, 3.05) is 13.1 Å². The Morgan fingerprint density at radius 2 is 2.11 bits per heavy atom. The first kappa shape index (κ1) is 12.4. The number of aryl methyl sites for hydroxylation is 1. The predicted molar refractivity (Wildman–Crippen MR) is 78.1 cm³/mol. The molecule has 1 aromatic carbocycles. The molecule has 0 saturated carbocycles. The van der Waals surface area contributed by atoms with Crippen molar-refractivity contribution in [2.24, 2.45) is 5.92 Å². The van der Waals surface area contributed by atoms with E-state index < -0.39 is 0 Å². The number of benzene rings is 1. The smallest absolute Gasteiger partial charge is 0.107 e. The summed E-state index contributed by atoms with van der Waals surface area (Å²) in [6, 6.07) is 10.4. The number of aromatic nitrogens is 2. The summed E-state index contributed by atoms with van der Waals surface area (Å²) in [6.07, 6.45) is 3.66.